The molecule has 0 aliphatic carbocycles. The third-order valence-electron chi connectivity index (χ3n) is 4.00. The number of aromatic nitrogens is 5. The molecule has 4 heterocycles. The van der Waals surface area contributed by atoms with Crippen molar-refractivity contribution in [1.82, 2.24) is 29.8 Å². The Balaban J connectivity index is 1.96. The maximum Gasteiger partial charge on any atom is 0.332 e. The topological polar surface area (TPSA) is 101 Å². The Kier molecular flexibility index (Phi) is 3.62. The zero-order chi connectivity index (χ0) is 16.5. The van der Waals surface area contributed by atoms with Gasteiger partial charge in [0.1, 0.15) is 5.52 Å². The van der Waals surface area contributed by atoms with E-state index in [1.54, 1.807) is 24.5 Å². The quantitative estimate of drug-likeness (QED) is 0.694. The number of fused-ring (bicyclic) bond motifs is 1. The van der Waals surface area contributed by atoms with Gasteiger partial charge in [-0.3, -0.25) is 4.98 Å². The number of nitrogens with one attached hydrogen (secondary N) is 2. The van der Waals surface area contributed by atoms with Crippen molar-refractivity contribution in [1.29, 1.82) is 0 Å². The number of hydrogen-bond donors (Lipinski definition) is 2. The number of H-pyrrole nitrogens is 1. The number of methoxy groups -OCH3 is 1. The van der Waals surface area contributed by atoms with Crippen molar-refractivity contribution in [3.63, 3.8) is 0 Å². The number of imidazole rings is 1. The highest BCUT2D eigenvalue weighted by atomic mass is 16.5. The van der Waals surface area contributed by atoms with Gasteiger partial charge >= 0.3 is 11.7 Å². The molecule has 0 bridgehead atoms. The second kappa shape index (κ2) is 5.93. The maximum atomic E-state index is 12.5. The summed E-state index contributed by atoms with van der Waals surface area (Å²) in [6.45, 7) is 3.33. The van der Waals surface area contributed by atoms with Crippen molar-refractivity contribution < 1.29 is 4.74 Å². The van der Waals surface area contributed by atoms with Gasteiger partial charge in [0.05, 0.1) is 19.0 Å². The third kappa shape index (κ3) is 2.38. The zero-order valence-electron chi connectivity index (χ0n) is 13.2. The van der Waals surface area contributed by atoms with Gasteiger partial charge < -0.3 is 19.9 Å². The highest BCUT2D eigenvalue weighted by Crippen LogP contribution is 2.25. The van der Waals surface area contributed by atoms with E-state index in [2.05, 4.69) is 30.2 Å². The van der Waals surface area contributed by atoms with E-state index in [1.807, 2.05) is 0 Å². The molecule has 124 valence electrons. The van der Waals surface area contributed by atoms with E-state index in [-0.39, 0.29) is 11.7 Å². The number of hydrogen-bond acceptors (Lipinski definition) is 7. The summed E-state index contributed by atoms with van der Waals surface area (Å²) >= 11 is 0. The van der Waals surface area contributed by atoms with Gasteiger partial charge in [-0.1, -0.05) is 0 Å². The van der Waals surface area contributed by atoms with Crippen LogP contribution in [0.4, 0.5) is 5.82 Å². The van der Waals surface area contributed by atoms with Crippen LogP contribution in [0.2, 0.25) is 0 Å². The summed E-state index contributed by atoms with van der Waals surface area (Å²) in [5.74, 6) is 0.679. The van der Waals surface area contributed by atoms with Crippen molar-refractivity contribution in [2.45, 2.75) is 0 Å². The lowest BCUT2D eigenvalue weighted by molar-refractivity contribution is 0.381. The van der Waals surface area contributed by atoms with Gasteiger partial charge in [0.2, 0.25) is 0 Å². The first kappa shape index (κ1) is 14.6. The Morgan fingerprint density at radius 1 is 1.25 bits per heavy atom. The van der Waals surface area contributed by atoms with Crippen LogP contribution in [0.25, 0.3) is 16.9 Å². The normalized spacial score (nSPS) is 15.0. The second-order valence-corrected chi connectivity index (χ2v) is 5.45. The van der Waals surface area contributed by atoms with Gasteiger partial charge in [0.25, 0.3) is 0 Å². The van der Waals surface area contributed by atoms with Gasteiger partial charge in [-0.15, -0.1) is 0 Å². The average molecular weight is 327 g/mol. The van der Waals surface area contributed by atoms with Crippen LogP contribution in [0.15, 0.2) is 29.3 Å². The second-order valence-electron chi connectivity index (χ2n) is 5.45. The van der Waals surface area contributed by atoms with E-state index >= 15 is 0 Å². The number of aromatic amines is 1. The number of nitrogens with zero attached hydrogens (tertiary/aromatic N) is 5. The summed E-state index contributed by atoms with van der Waals surface area (Å²) in [6, 6.07) is 3.81. The number of pyridine rings is 1. The molecule has 3 aromatic heterocycles. The van der Waals surface area contributed by atoms with Crippen LogP contribution in [-0.4, -0.2) is 57.8 Å². The lowest BCUT2D eigenvalue weighted by Crippen LogP contribution is -2.44. The van der Waals surface area contributed by atoms with Gasteiger partial charge in [-0.25, -0.2) is 9.36 Å². The van der Waals surface area contributed by atoms with Crippen molar-refractivity contribution in [2.75, 3.05) is 38.2 Å². The van der Waals surface area contributed by atoms with E-state index < -0.39 is 0 Å². The minimum absolute atomic E-state index is 0.229. The summed E-state index contributed by atoms with van der Waals surface area (Å²) in [5, 5.41) is 3.30. The molecule has 1 fully saturated rings. The van der Waals surface area contributed by atoms with Crippen molar-refractivity contribution in [3.05, 3.63) is 35.0 Å². The largest absolute Gasteiger partial charge is 0.467 e. The number of piperazine rings is 1. The minimum Gasteiger partial charge on any atom is -0.467 e. The molecule has 0 spiro atoms. The molecule has 4 rings (SSSR count). The summed E-state index contributed by atoms with van der Waals surface area (Å²) in [7, 11) is 1.52. The molecule has 3 aromatic rings. The monoisotopic (exact) mass is 327 g/mol. The molecule has 9 heteroatoms. The molecule has 24 heavy (non-hydrogen) atoms. The molecule has 2 N–H and O–H groups in total. The summed E-state index contributed by atoms with van der Waals surface area (Å²) < 4.78 is 6.73. The van der Waals surface area contributed by atoms with E-state index in [0.717, 1.165) is 26.2 Å². The average Bonchev–Trinajstić information content (AvgIpc) is 2.98. The van der Waals surface area contributed by atoms with Crippen LogP contribution in [-0.2, 0) is 0 Å². The first-order chi connectivity index (χ1) is 11.8. The fourth-order valence-corrected chi connectivity index (χ4v) is 2.87. The van der Waals surface area contributed by atoms with E-state index in [1.165, 1.54) is 11.7 Å². The predicted molar refractivity (Wildman–Crippen MR) is 88.9 cm³/mol. The molecule has 0 radical (unpaired) electrons. The molecular weight excluding hydrogens is 310 g/mol. The van der Waals surface area contributed by atoms with E-state index in [4.69, 9.17) is 4.74 Å². The number of ether oxygens (including phenoxy) is 1. The van der Waals surface area contributed by atoms with Gasteiger partial charge in [0, 0.05) is 32.4 Å². The molecular formula is C15H17N7O2. The van der Waals surface area contributed by atoms with Crippen LogP contribution < -0.4 is 20.6 Å². The highest BCUT2D eigenvalue weighted by Gasteiger charge is 2.22. The third-order valence-corrected chi connectivity index (χ3v) is 4.00. The molecule has 1 aliphatic heterocycles. The van der Waals surface area contributed by atoms with Crippen molar-refractivity contribution >= 4 is 17.0 Å². The summed E-state index contributed by atoms with van der Waals surface area (Å²) in [5.41, 5.74) is 1.44. The number of anilines is 1. The van der Waals surface area contributed by atoms with Gasteiger partial charge in [-0.05, 0) is 12.1 Å². The molecule has 0 saturated carbocycles. The molecule has 0 aromatic carbocycles. The predicted octanol–water partition coefficient (Wildman–Crippen LogP) is -0.0780. The SMILES string of the molecule is COc1nc(N2CCNCC2)c2[nH]c(=O)n(-c3cccnc3)c2n1. The highest BCUT2D eigenvalue weighted by molar-refractivity contribution is 5.85. The smallest absolute Gasteiger partial charge is 0.332 e. The molecule has 1 saturated heterocycles. The standard InChI is InChI=1S/C15H17N7O2/c1-24-14-19-12(21-7-5-16-6-8-21)11-13(20-14)22(15(23)18-11)10-3-2-4-17-9-10/h2-4,9,16H,5-8H2,1H3,(H,18,23). The number of rotatable bonds is 3. The Hall–Kier alpha value is -2.94. The molecule has 0 unspecified atom stereocenters. The summed E-state index contributed by atoms with van der Waals surface area (Å²) in [6.07, 6.45) is 3.28. The van der Waals surface area contributed by atoms with Crippen molar-refractivity contribution in [2.24, 2.45) is 0 Å². The Bertz CT molecular complexity index is 913. The molecule has 0 atom stereocenters. The van der Waals surface area contributed by atoms with E-state index in [0.29, 0.717) is 22.7 Å². The van der Waals surface area contributed by atoms with Crippen LogP contribution >= 0.6 is 0 Å². The van der Waals surface area contributed by atoms with Crippen LogP contribution in [0, 0.1) is 0 Å². The maximum absolute atomic E-state index is 12.5. The Morgan fingerprint density at radius 3 is 2.79 bits per heavy atom. The first-order valence-electron chi connectivity index (χ1n) is 7.71. The molecule has 1 aliphatic rings. The van der Waals surface area contributed by atoms with Crippen LogP contribution in [0.1, 0.15) is 0 Å². The van der Waals surface area contributed by atoms with Crippen LogP contribution in [0.3, 0.4) is 0 Å². The molecule has 9 nitrogen and oxygen atoms in total. The summed E-state index contributed by atoms with van der Waals surface area (Å²) in [4.78, 5) is 30.4. The Morgan fingerprint density at radius 2 is 2.08 bits per heavy atom. The van der Waals surface area contributed by atoms with Gasteiger partial charge in [-0.2, -0.15) is 9.97 Å². The van der Waals surface area contributed by atoms with E-state index in [9.17, 15) is 4.79 Å². The van der Waals surface area contributed by atoms with Crippen molar-refractivity contribution in [3.8, 4) is 11.7 Å². The lowest BCUT2D eigenvalue weighted by Gasteiger charge is -2.28. The first-order valence-corrected chi connectivity index (χ1v) is 7.71. The fourth-order valence-electron chi connectivity index (χ4n) is 2.87. The Labute approximate surface area is 137 Å². The zero-order valence-corrected chi connectivity index (χ0v) is 13.2. The minimum atomic E-state index is -0.281. The molecule has 0 amide bonds. The fraction of sp³-hybridized carbons (Fsp3) is 0.333. The lowest BCUT2D eigenvalue weighted by atomic mass is 10.3. The van der Waals surface area contributed by atoms with Crippen LogP contribution in [0.5, 0.6) is 6.01 Å². The van der Waals surface area contributed by atoms with Gasteiger partial charge in [0.15, 0.2) is 11.5 Å².